The van der Waals surface area contributed by atoms with Gasteiger partial charge in [0.15, 0.2) is 0 Å². The summed E-state index contributed by atoms with van der Waals surface area (Å²) in [4.78, 5) is 24.1. The SMILES string of the molecule is O=C(Cn1nc(-c2ccccc2Cl)ccc1=O)NCc1ccccc1F. The fourth-order valence-electron chi connectivity index (χ4n) is 2.40. The number of amides is 1. The maximum atomic E-state index is 13.6. The van der Waals surface area contributed by atoms with Crippen LogP contribution in [0.2, 0.25) is 5.02 Å². The third-order valence-electron chi connectivity index (χ3n) is 3.74. The van der Waals surface area contributed by atoms with E-state index in [0.29, 0.717) is 21.8 Å². The molecule has 0 bridgehead atoms. The molecule has 26 heavy (non-hydrogen) atoms. The van der Waals surface area contributed by atoms with Crippen molar-refractivity contribution < 1.29 is 9.18 Å². The van der Waals surface area contributed by atoms with Crippen molar-refractivity contribution in [3.63, 3.8) is 0 Å². The van der Waals surface area contributed by atoms with E-state index in [-0.39, 0.29) is 13.1 Å². The molecule has 3 aromatic rings. The molecule has 0 aliphatic carbocycles. The average Bonchev–Trinajstić information content (AvgIpc) is 2.63. The fourth-order valence-corrected chi connectivity index (χ4v) is 2.63. The lowest BCUT2D eigenvalue weighted by molar-refractivity contribution is -0.122. The quantitative estimate of drug-likeness (QED) is 0.749. The van der Waals surface area contributed by atoms with E-state index in [1.807, 2.05) is 0 Å². The molecule has 0 saturated carbocycles. The predicted molar refractivity (Wildman–Crippen MR) is 97.2 cm³/mol. The molecular formula is C19H15ClFN3O2. The Morgan fingerprint density at radius 2 is 1.81 bits per heavy atom. The summed E-state index contributed by atoms with van der Waals surface area (Å²) >= 11 is 6.15. The Bertz CT molecular complexity index is 1000. The van der Waals surface area contributed by atoms with Crippen molar-refractivity contribution in [1.82, 2.24) is 15.1 Å². The van der Waals surface area contributed by atoms with Gasteiger partial charge in [-0.1, -0.05) is 48.0 Å². The second kappa shape index (κ2) is 7.93. The highest BCUT2D eigenvalue weighted by Crippen LogP contribution is 2.24. The van der Waals surface area contributed by atoms with Crippen LogP contribution in [0, 0.1) is 5.82 Å². The first kappa shape index (κ1) is 17.8. The van der Waals surface area contributed by atoms with Crippen LogP contribution < -0.4 is 10.9 Å². The van der Waals surface area contributed by atoms with E-state index >= 15 is 0 Å². The first-order valence-electron chi connectivity index (χ1n) is 7.88. The van der Waals surface area contributed by atoms with Gasteiger partial charge in [0, 0.05) is 23.7 Å². The number of halogens is 2. The second-order valence-corrected chi connectivity index (χ2v) is 5.97. The summed E-state index contributed by atoms with van der Waals surface area (Å²) in [5.74, 6) is -0.844. The number of carbonyl (C=O) groups is 1. The minimum Gasteiger partial charge on any atom is -0.350 e. The number of nitrogens with one attached hydrogen (secondary N) is 1. The zero-order chi connectivity index (χ0) is 18.5. The molecule has 0 aliphatic heterocycles. The van der Waals surface area contributed by atoms with E-state index in [1.165, 1.54) is 12.1 Å². The number of hydrogen-bond acceptors (Lipinski definition) is 3. The van der Waals surface area contributed by atoms with E-state index in [0.717, 1.165) is 4.68 Å². The highest BCUT2D eigenvalue weighted by Gasteiger charge is 2.10. The molecular weight excluding hydrogens is 357 g/mol. The van der Waals surface area contributed by atoms with Gasteiger partial charge < -0.3 is 5.32 Å². The van der Waals surface area contributed by atoms with Crippen molar-refractivity contribution in [1.29, 1.82) is 0 Å². The molecule has 0 fully saturated rings. The third kappa shape index (κ3) is 4.15. The summed E-state index contributed by atoms with van der Waals surface area (Å²) in [7, 11) is 0. The molecule has 0 atom stereocenters. The Balaban J connectivity index is 1.74. The van der Waals surface area contributed by atoms with Gasteiger partial charge in [-0.2, -0.15) is 5.10 Å². The van der Waals surface area contributed by atoms with Gasteiger partial charge in [-0.3, -0.25) is 9.59 Å². The van der Waals surface area contributed by atoms with Crippen molar-refractivity contribution in [2.45, 2.75) is 13.1 Å². The first-order valence-corrected chi connectivity index (χ1v) is 8.25. The van der Waals surface area contributed by atoms with Gasteiger partial charge in [0.05, 0.1) is 10.7 Å². The Kier molecular flexibility index (Phi) is 5.43. The maximum absolute atomic E-state index is 13.6. The predicted octanol–water partition coefficient (Wildman–Crippen LogP) is 3.02. The first-order chi connectivity index (χ1) is 12.5. The van der Waals surface area contributed by atoms with Crippen LogP contribution in [-0.4, -0.2) is 15.7 Å². The van der Waals surface area contributed by atoms with E-state index in [1.54, 1.807) is 48.5 Å². The average molecular weight is 372 g/mol. The Morgan fingerprint density at radius 3 is 2.58 bits per heavy atom. The van der Waals surface area contributed by atoms with E-state index < -0.39 is 17.3 Å². The summed E-state index contributed by atoms with van der Waals surface area (Å²) < 4.78 is 14.6. The van der Waals surface area contributed by atoms with Gasteiger partial charge >= 0.3 is 0 Å². The number of benzene rings is 2. The Labute approximate surface area is 154 Å². The molecule has 0 saturated heterocycles. The van der Waals surface area contributed by atoms with Crippen LogP contribution in [0.4, 0.5) is 4.39 Å². The molecule has 5 nitrogen and oxygen atoms in total. The van der Waals surface area contributed by atoms with E-state index in [4.69, 9.17) is 11.6 Å². The van der Waals surface area contributed by atoms with Gasteiger partial charge in [-0.15, -0.1) is 0 Å². The van der Waals surface area contributed by atoms with Gasteiger partial charge in [0.1, 0.15) is 12.4 Å². The van der Waals surface area contributed by atoms with Gasteiger partial charge in [-0.05, 0) is 18.2 Å². The number of rotatable bonds is 5. The van der Waals surface area contributed by atoms with Crippen molar-refractivity contribution in [2.24, 2.45) is 0 Å². The zero-order valence-corrected chi connectivity index (χ0v) is 14.4. The lowest BCUT2D eigenvalue weighted by atomic mass is 10.1. The molecule has 132 valence electrons. The minimum absolute atomic E-state index is 0.0322. The van der Waals surface area contributed by atoms with Crippen molar-refractivity contribution >= 4 is 17.5 Å². The molecule has 7 heteroatoms. The van der Waals surface area contributed by atoms with Crippen molar-refractivity contribution in [3.8, 4) is 11.3 Å². The normalized spacial score (nSPS) is 10.5. The van der Waals surface area contributed by atoms with Gasteiger partial charge in [0.2, 0.25) is 5.91 Å². The van der Waals surface area contributed by atoms with Crippen molar-refractivity contribution in [2.75, 3.05) is 0 Å². The number of hydrogen-bond donors (Lipinski definition) is 1. The molecule has 1 amide bonds. The molecule has 1 aromatic heterocycles. The summed E-state index contributed by atoms with van der Waals surface area (Å²) in [6, 6.07) is 16.1. The van der Waals surface area contributed by atoms with Crippen LogP contribution in [0.5, 0.6) is 0 Å². The second-order valence-electron chi connectivity index (χ2n) is 5.56. The van der Waals surface area contributed by atoms with E-state index in [2.05, 4.69) is 10.4 Å². The molecule has 1 heterocycles. The van der Waals surface area contributed by atoms with Gasteiger partial charge in [-0.25, -0.2) is 9.07 Å². The highest BCUT2D eigenvalue weighted by molar-refractivity contribution is 6.33. The minimum atomic E-state index is -0.445. The topological polar surface area (TPSA) is 64.0 Å². The lowest BCUT2D eigenvalue weighted by Crippen LogP contribution is -2.33. The fraction of sp³-hybridized carbons (Fsp3) is 0.105. The van der Waals surface area contributed by atoms with Gasteiger partial charge in [0.25, 0.3) is 5.56 Å². The molecule has 0 spiro atoms. The molecule has 0 radical (unpaired) electrons. The Morgan fingerprint density at radius 1 is 1.08 bits per heavy atom. The Hall–Kier alpha value is -2.99. The molecule has 2 aromatic carbocycles. The highest BCUT2D eigenvalue weighted by atomic mass is 35.5. The standard InChI is InChI=1S/C19H15ClFN3O2/c20-15-7-3-2-6-14(15)17-9-10-19(26)24(23-17)12-18(25)22-11-13-5-1-4-8-16(13)21/h1-10H,11-12H2,(H,22,25). The van der Waals surface area contributed by atoms with Crippen LogP contribution >= 0.6 is 11.6 Å². The van der Waals surface area contributed by atoms with E-state index in [9.17, 15) is 14.0 Å². The maximum Gasteiger partial charge on any atom is 0.267 e. The largest absolute Gasteiger partial charge is 0.350 e. The smallest absolute Gasteiger partial charge is 0.267 e. The monoisotopic (exact) mass is 371 g/mol. The zero-order valence-electron chi connectivity index (χ0n) is 13.7. The number of carbonyl (C=O) groups excluding carboxylic acids is 1. The third-order valence-corrected chi connectivity index (χ3v) is 4.07. The van der Waals surface area contributed by atoms with Crippen LogP contribution in [-0.2, 0) is 17.9 Å². The number of nitrogens with zero attached hydrogens (tertiary/aromatic N) is 2. The number of aromatic nitrogens is 2. The van der Waals surface area contributed by atoms with Crippen molar-refractivity contribution in [3.05, 3.63) is 87.4 Å². The van der Waals surface area contributed by atoms with Crippen LogP contribution in [0.3, 0.4) is 0 Å². The summed E-state index contributed by atoms with van der Waals surface area (Å²) in [5, 5.41) is 7.28. The molecule has 3 rings (SSSR count). The lowest BCUT2D eigenvalue weighted by Gasteiger charge is -2.09. The van der Waals surface area contributed by atoms with Crippen LogP contribution in [0.25, 0.3) is 11.3 Å². The van der Waals surface area contributed by atoms with Crippen LogP contribution in [0.15, 0.2) is 65.5 Å². The summed E-state index contributed by atoms with van der Waals surface area (Å²) in [6.45, 7) is -0.240. The van der Waals surface area contributed by atoms with Crippen LogP contribution in [0.1, 0.15) is 5.56 Å². The summed E-state index contributed by atoms with van der Waals surface area (Å²) in [6.07, 6.45) is 0. The molecule has 1 N–H and O–H groups in total. The summed E-state index contributed by atoms with van der Waals surface area (Å²) in [5.41, 5.74) is 1.10. The molecule has 0 aliphatic rings. The molecule has 0 unspecified atom stereocenters.